The number of benzene rings is 2. The lowest BCUT2D eigenvalue weighted by Crippen LogP contribution is -2.42. The van der Waals surface area contributed by atoms with Crippen LogP contribution in [0.25, 0.3) is 0 Å². The number of fused-ring (bicyclic) bond motifs is 1. The molecule has 0 bridgehead atoms. The van der Waals surface area contributed by atoms with Crippen molar-refractivity contribution in [1.82, 2.24) is 0 Å². The summed E-state index contributed by atoms with van der Waals surface area (Å²) < 4.78 is 10.3. The van der Waals surface area contributed by atoms with Gasteiger partial charge in [-0.1, -0.05) is 6.07 Å². The summed E-state index contributed by atoms with van der Waals surface area (Å²) in [5.74, 6) is -1.46. The minimum Gasteiger partial charge on any atom is -0.482 e. The van der Waals surface area contributed by atoms with E-state index in [1.807, 2.05) is 19.9 Å². The molecule has 0 radical (unpaired) electrons. The number of ketones is 1. The maximum atomic E-state index is 12.5. The lowest BCUT2D eigenvalue weighted by atomic mass is 9.98. The molecule has 9 heteroatoms. The smallest absolute Gasteiger partial charge is 0.326 e. The molecule has 1 amide bonds. The maximum Gasteiger partial charge on any atom is 0.326 e. The van der Waals surface area contributed by atoms with Crippen LogP contribution in [0.1, 0.15) is 27.0 Å². The molecule has 0 N–H and O–H groups in total. The van der Waals surface area contributed by atoms with E-state index in [0.717, 1.165) is 27.7 Å². The largest absolute Gasteiger partial charge is 0.482 e. The Hall–Kier alpha value is -3.75. The average Bonchev–Trinajstić information content (AvgIpc) is 2.70. The molecule has 0 aliphatic carbocycles. The van der Waals surface area contributed by atoms with Crippen LogP contribution in [0.2, 0.25) is 0 Å². The van der Waals surface area contributed by atoms with Gasteiger partial charge in [-0.25, -0.2) is 0 Å². The van der Waals surface area contributed by atoms with E-state index in [4.69, 9.17) is 9.47 Å². The second-order valence-electron chi connectivity index (χ2n) is 7.01. The van der Waals surface area contributed by atoms with Crippen LogP contribution >= 0.6 is 0 Å². The van der Waals surface area contributed by atoms with E-state index in [0.29, 0.717) is 5.56 Å². The minimum atomic E-state index is -0.808. The molecule has 0 saturated heterocycles. The third-order valence-corrected chi connectivity index (χ3v) is 4.89. The van der Waals surface area contributed by atoms with Crippen molar-refractivity contribution < 1.29 is 28.8 Å². The molecule has 0 fully saturated rings. The van der Waals surface area contributed by atoms with E-state index in [1.54, 1.807) is 13.0 Å². The van der Waals surface area contributed by atoms with Crippen LogP contribution in [-0.2, 0) is 14.3 Å². The Morgan fingerprint density at radius 3 is 2.53 bits per heavy atom. The number of carbonyl (C=O) groups excluding carboxylic acids is 3. The highest BCUT2D eigenvalue weighted by atomic mass is 16.6. The molecule has 0 atom stereocenters. The number of carbonyl (C=O) groups is 3. The van der Waals surface area contributed by atoms with Gasteiger partial charge in [0.15, 0.2) is 13.2 Å². The Labute approximate surface area is 172 Å². The predicted octanol–water partition coefficient (Wildman–Crippen LogP) is 2.67. The summed E-state index contributed by atoms with van der Waals surface area (Å²) in [7, 11) is 0. The number of anilines is 1. The summed E-state index contributed by atoms with van der Waals surface area (Å²) in [5.41, 5.74) is 3.12. The standard InChI is InChI=1S/C21H20N2O7/c1-12-6-14(3)16(7-13(12)2)18(24)10-30-21(26)9-22-17-8-15(23(27)28)4-5-19(17)29-11-20(22)25/h4-8H,9-11H2,1-3H3. The number of nitro groups is 1. The van der Waals surface area contributed by atoms with Gasteiger partial charge in [0.05, 0.1) is 10.6 Å². The van der Waals surface area contributed by atoms with E-state index in [2.05, 4.69) is 0 Å². The lowest BCUT2D eigenvalue weighted by Gasteiger charge is -2.28. The highest BCUT2D eigenvalue weighted by Crippen LogP contribution is 2.35. The van der Waals surface area contributed by atoms with Gasteiger partial charge in [-0.3, -0.25) is 29.4 Å². The number of nitro benzene ring substituents is 1. The monoisotopic (exact) mass is 412 g/mol. The molecule has 0 saturated carbocycles. The summed E-state index contributed by atoms with van der Waals surface area (Å²) >= 11 is 0. The molecule has 30 heavy (non-hydrogen) atoms. The first kappa shape index (κ1) is 21.0. The van der Waals surface area contributed by atoms with Gasteiger partial charge in [0.2, 0.25) is 5.78 Å². The minimum absolute atomic E-state index is 0.105. The zero-order valence-corrected chi connectivity index (χ0v) is 16.8. The first-order valence-corrected chi connectivity index (χ1v) is 9.15. The van der Waals surface area contributed by atoms with Gasteiger partial charge in [0.1, 0.15) is 12.3 Å². The number of nitrogens with zero attached hydrogens (tertiary/aromatic N) is 2. The number of esters is 1. The molecular formula is C21H20N2O7. The van der Waals surface area contributed by atoms with E-state index >= 15 is 0 Å². The third-order valence-electron chi connectivity index (χ3n) is 4.89. The molecule has 156 valence electrons. The molecule has 2 aromatic carbocycles. The van der Waals surface area contributed by atoms with Gasteiger partial charge in [0, 0.05) is 17.7 Å². The van der Waals surface area contributed by atoms with Crippen LogP contribution in [0.3, 0.4) is 0 Å². The Balaban J connectivity index is 1.70. The molecular weight excluding hydrogens is 392 g/mol. The molecule has 0 unspecified atom stereocenters. The van der Waals surface area contributed by atoms with E-state index in [-0.39, 0.29) is 29.5 Å². The van der Waals surface area contributed by atoms with E-state index < -0.39 is 30.0 Å². The number of amides is 1. The fraction of sp³-hybridized carbons (Fsp3) is 0.286. The Morgan fingerprint density at radius 1 is 1.13 bits per heavy atom. The normalized spacial score (nSPS) is 12.8. The number of hydrogen-bond donors (Lipinski definition) is 0. The van der Waals surface area contributed by atoms with Crippen molar-refractivity contribution in [3.63, 3.8) is 0 Å². The molecule has 1 heterocycles. The number of Topliss-reactive ketones (excluding diaryl/α,β-unsaturated/α-hetero) is 1. The summed E-state index contributed by atoms with van der Waals surface area (Å²) in [5, 5.41) is 11.0. The van der Waals surface area contributed by atoms with Crippen LogP contribution in [0.5, 0.6) is 5.75 Å². The molecule has 0 spiro atoms. The molecule has 0 aromatic heterocycles. The van der Waals surface area contributed by atoms with Gasteiger partial charge >= 0.3 is 5.97 Å². The van der Waals surface area contributed by atoms with Gasteiger partial charge in [0.25, 0.3) is 11.6 Å². The summed E-state index contributed by atoms with van der Waals surface area (Å²) in [4.78, 5) is 48.4. The first-order chi connectivity index (χ1) is 14.2. The second-order valence-corrected chi connectivity index (χ2v) is 7.01. The lowest BCUT2D eigenvalue weighted by molar-refractivity contribution is -0.384. The van der Waals surface area contributed by atoms with Crippen LogP contribution in [0, 0.1) is 30.9 Å². The Morgan fingerprint density at radius 2 is 1.83 bits per heavy atom. The number of non-ortho nitro benzene ring substituents is 1. The Bertz CT molecular complexity index is 1060. The van der Waals surface area contributed by atoms with Gasteiger partial charge in [-0.2, -0.15) is 0 Å². The quantitative estimate of drug-likeness (QED) is 0.310. The summed E-state index contributed by atoms with van der Waals surface area (Å²) in [6.45, 7) is 4.37. The SMILES string of the molecule is Cc1cc(C)c(C(=O)COC(=O)CN2C(=O)COc3ccc([N+](=O)[O-])cc32)cc1C. The highest BCUT2D eigenvalue weighted by Gasteiger charge is 2.30. The predicted molar refractivity (Wildman–Crippen MR) is 107 cm³/mol. The van der Waals surface area contributed by atoms with Gasteiger partial charge < -0.3 is 9.47 Å². The average molecular weight is 412 g/mol. The highest BCUT2D eigenvalue weighted by molar-refractivity contribution is 6.03. The molecule has 9 nitrogen and oxygen atoms in total. The molecule has 1 aliphatic heterocycles. The van der Waals surface area contributed by atoms with Crippen molar-refractivity contribution in [3.05, 3.63) is 62.7 Å². The van der Waals surface area contributed by atoms with Gasteiger partial charge in [-0.05, 0) is 49.6 Å². The molecule has 2 aromatic rings. The van der Waals surface area contributed by atoms with Crippen LogP contribution < -0.4 is 9.64 Å². The fourth-order valence-electron chi connectivity index (χ4n) is 3.14. The number of hydrogen-bond acceptors (Lipinski definition) is 7. The third kappa shape index (κ3) is 4.29. The Kier molecular flexibility index (Phi) is 5.81. The van der Waals surface area contributed by atoms with Crippen molar-refractivity contribution in [2.45, 2.75) is 20.8 Å². The summed E-state index contributed by atoms with van der Waals surface area (Å²) in [6, 6.07) is 7.41. The van der Waals surface area contributed by atoms with Crippen molar-refractivity contribution in [2.75, 3.05) is 24.7 Å². The number of ether oxygens (including phenoxy) is 2. The zero-order valence-electron chi connectivity index (χ0n) is 16.8. The van der Waals surface area contributed by atoms with Crippen molar-refractivity contribution >= 4 is 29.0 Å². The number of aryl methyl sites for hydroxylation is 3. The summed E-state index contributed by atoms with van der Waals surface area (Å²) in [6.07, 6.45) is 0. The van der Waals surface area contributed by atoms with E-state index in [9.17, 15) is 24.5 Å². The zero-order chi connectivity index (χ0) is 22.0. The first-order valence-electron chi connectivity index (χ1n) is 9.15. The van der Waals surface area contributed by atoms with Crippen LogP contribution in [0.15, 0.2) is 30.3 Å². The van der Waals surface area contributed by atoms with E-state index in [1.165, 1.54) is 12.1 Å². The molecule has 3 rings (SSSR count). The second kappa shape index (κ2) is 8.32. The maximum absolute atomic E-state index is 12.5. The van der Waals surface area contributed by atoms with Crippen molar-refractivity contribution in [3.8, 4) is 5.75 Å². The van der Waals surface area contributed by atoms with Crippen molar-refractivity contribution in [1.29, 1.82) is 0 Å². The van der Waals surface area contributed by atoms with Crippen molar-refractivity contribution in [2.24, 2.45) is 0 Å². The number of rotatable bonds is 6. The van der Waals surface area contributed by atoms with Crippen LogP contribution in [-0.4, -0.2) is 42.3 Å². The van der Waals surface area contributed by atoms with Gasteiger partial charge in [-0.15, -0.1) is 0 Å². The molecule has 1 aliphatic rings. The van der Waals surface area contributed by atoms with Crippen LogP contribution in [0.4, 0.5) is 11.4 Å². The topological polar surface area (TPSA) is 116 Å². The fourth-order valence-corrected chi connectivity index (χ4v) is 3.14.